The highest BCUT2D eigenvalue weighted by Crippen LogP contribution is 2.28. The van der Waals surface area contributed by atoms with Crippen molar-refractivity contribution in [2.24, 2.45) is 0 Å². The van der Waals surface area contributed by atoms with Crippen molar-refractivity contribution < 1.29 is 4.79 Å². The molecule has 18 heavy (non-hydrogen) atoms. The van der Waals surface area contributed by atoms with E-state index in [0.29, 0.717) is 5.92 Å². The van der Waals surface area contributed by atoms with E-state index >= 15 is 0 Å². The predicted octanol–water partition coefficient (Wildman–Crippen LogP) is 3.37. The van der Waals surface area contributed by atoms with Crippen LogP contribution in [0.4, 0.5) is 0 Å². The van der Waals surface area contributed by atoms with Crippen molar-refractivity contribution in [2.75, 3.05) is 13.1 Å². The molecule has 0 N–H and O–H groups in total. The molecule has 1 aromatic carbocycles. The third kappa shape index (κ3) is 3.12. The van der Waals surface area contributed by atoms with E-state index in [2.05, 4.69) is 31.2 Å². The maximum absolute atomic E-state index is 11.3. The van der Waals surface area contributed by atoms with Gasteiger partial charge in [-0.1, -0.05) is 37.6 Å². The molecule has 2 rings (SSSR count). The molecule has 0 saturated carbocycles. The van der Waals surface area contributed by atoms with Gasteiger partial charge in [-0.15, -0.1) is 0 Å². The van der Waals surface area contributed by atoms with Gasteiger partial charge < -0.3 is 4.90 Å². The maximum atomic E-state index is 11.3. The zero-order valence-corrected chi connectivity index (χ0v) is 11.5. The zero-order chi connectivity index (χ0) is 13.0. The normalized spacial score (nSPS) is 16.9. The molecule has 1 saturated heterocycles. The van der Waals surface area contributed by atoms with Crippen LogP contribution in [0.2, 0.25) is 0 Å². The molecule has 98 valence electrons. The second kappa shape index (κ2) is 6.03. The van der Waals surface area contributed by atoms with Crippen molar-refractivity contribution in [1.82, 2.24) is 4.90 Å². The van der Waals surface area contributed by atoms with Crippen LogP contribution in [0.3, 0.4) is 0 Å². The Hall–Kier alpha value is -1.31. The second-order valence-electron chi connectivity index (χ2n) is 5.27. The van der Waals surface area contributed by atoms with Gasteiger partial charge in [0.2, 0.25) is 5.91 Å². The minimum Gasteiger partial charge on any atom is -0.343 e. The van der Waals surface area contributed by atoms with Crippen molar-refractivity contribution in [3.05, 3.63) is 35.4 Å². The van der Waals surface area contributed by atoms with Crippen molar-refractivity contribution >= 4 is 5.91 Å². The lowest BCUT2D eigenvalue weighted by atomic mass is 9.89. The van der Waals surface area contributed by atoms with Gasteiger partial charge in [0.25, 0.3) is 0 Å². The van der Waals surface area contributed by atoms with Crippen LogP contribution in [0.1, 0.15) is 50.2 Å². The van der Waals surface area contributed by atoms with Gasteiger partial charge in [-0.05, 0) is 36.3 Å². The van der Waals surface area contributed by atoms with Gasteiger partial charge in [0.15, 0.2) is 0 Å². The number of benzene rings is 1. The minimum atomic E-state index is 0.215. The number of amides is 1. The van der Waals surface area contributed by atoms with Crippen LogP contribution in [-0.2, 0) is 11.2 Å². The molecular formula is C16H23NO. The molecule has 2 heteroatoms. The molecule has 1 aromatic rings. The fourth-order valence-electron chi connectivity index (χ4n) is 2.77. The predicted molar refractivity (Wildman–Crippen MR) is 74.7 cm³/mol. The molecule has 0 spiro atoms. The molecule has 1 amide bonds. The summed E-state index contributed by atoms with van der Waals surface area (Å²) in [4.78, 5) is 13.2. The summed E-state index contributed by atoms with van der Waals surface area (Å²) >= 11 is 0. The number of hydrogen-bond acceptors (Lipinski definition) is 1. The maximum Gasteiger partial charge on any atom is 0.219 e. The molecule has 0 aromatic heterocycles. The molecule has 1 fully saturated rings. The fourth-order valence-corrected chi connectivity index (χ4v) is 2.77. The number of piperidine rings is 1. The van der Waals surface area contributed by atoms with Gasteiger partial charge >= 0.3 is 0 Å². The third-order valence-corrected chi connectivity index (χ3v) is 3.93. The number of carbonyl (C=O) groups excluding carboxylic acids is 1. The SMILES string of the molecule is CCCc1ccc(C2CCN(C(C)=O)CC2)cc1. The molecule has 0 radical (unpaired) electrons. The molecule has 0 unspecified atom stereocenters. The third-order valence-electron chi connectivity index (χ3n) is 3.93. The number of carbonyl (C=O) groups is 1. The van der Waals surface area contributed by atoms with Crippen LogP contribution in [0, 0.1) is 0 Å². The molecule has 0 atom stereocenters. The second-order valence-corrected chi connectivity index (χ2v) is 5.27. The van der Waals surface area contributed by atoms with Crippen LogP contribution in [-0.4, -0.2) is 23.9 Å². The van der Waals surface area contributed by atoms with E-state index in [9.17, 15) is 4.79 Å². The Balaban J connectivity index is 1.95. The summed E-state index contributed by atoms with van der Waals surface area (Å²) in [6.45, 7) is 5.71. The molecular weight excluding hydrogens is 222 g/mol. The summed E-state index contributed by atoms with van der Waals surface area (Å²) in [6.07, 6.45) is 4.58. The Labute approximate surface area is 110 Å². The number of hydrogen-bond donors (Lipinski definition) is 0. The molecule has 2 nitrogen and oxygen atoms in total. The standard InChI is InChI=1S/C16H23NO/c1-3-4-14-5-7-15(8-6-14)16-9-11-17(12-10-16)13(2)18/h5-8,16H,3-4,9-12H2,1-2H3. The lowest BCUT2D eigenvalue weighted by molar-refractivity contribution is -0.129. The Kier molecular flexibility index (Phi) is 4.40. The van der Waals surface area contributed by atoms with E-state index in [1.54, 1.807) is 6.92 Å². The first-order chi connectivity index (χ1) is 8.70. The van der Waals surface area contributed by atoms with Gasteiger partial charge in [0.1, 0.15) is 0 Å². The summed E-state index contributed by atoms with van der Waals surface area (Å²) in [5.41, 5.74) is 2.88. The van der Waals surface area contributed by atoms with Crippen LogP contribution >= 0.6 is 0 Å². The van der Waals surface area contributed by atoms with Crippen molar-refractivity contribution in [3.63, 3.8) is 0 Å². The Morgan fingerprint density at radius 1 is 1.22 bits per heavy atom. The average Bonchev–Trinajstić information content (AvgIpc) is 2.40. The zero-order valence-electron chi connectivity index (χ0n) is 11.5. The highest BCUT2D eigenvalue weighted by Gasteiger charge is 2.21. The molecule has 1 aliphatic rings. The van der Waals surface area contributed by atoms with E-state index in [1.165, 1.54) is 24.0 Å². The first kappa shape index (κ1) is 13.1. The molecule has 0 aliphatic carbocycles. The van der Waals surface area contributed by atoms with E-state index in [4.69, 9.17) is 0 Å². The summed E-state index contributed by atoms with van der Waals surface area (Å²) in [7, 11) is 0. The van der Waals surface area contributed by atoms with E-state index < -0.39 is 0 Å². The number of aryl methyl sites for hydroxylation is 1. The fraction of sp³-hybridized carbons (Fsp3) is 0.562. The first-order valence-corrected chi connectivity index (χ1v) is 7.05. The summed E-state index contributed by atoms with van der Waals surface area (Å²) in [5.74, 6) is 0.850. The number of likely N-dealkylation sites (tertiary alicyclic amines) is 1. The Morgan fingerprint density at radius 2 is 1.83 bits per heavy atom. The monoisotopic (exact) mass is 245 g/mol. The quantitative estimate of drug-likeness (QED) is 0.799. The highest BCUT2D eigenvalue weighted by atomic mass is 16.2. The largest absolute Gasteiger partial charge is 0.343 e. The van der Waals surface area contributed by atoms with Crippen LogP contribution in [0.15, 0.2) is 24.3 Å². The first-order valence-electron chi connectivity index (χ1n) is 7.05. The summed E-state index contributed by atoms with van der Waals surface area (Å²) in [5, 5.41) is 0. The van der Waals surface area contributed by atoms with Crippen molar-refractivity contribution in [1.29, 1.82) is 0 Å². The van der Waals surface area contributed by atoms with Crippen molar-refractivity contribution in [3.8, 4) is 0 Å². The number of nitrogens with zero attached hydrogens (tertiary/aromatic N) is 1. The van der Waals surface area contributed by atoms with Gasteiger partial charge in [0.05, 0.1) is 0 Å². The van der Waals surface area contributed by atoms with E-state index in [1.807, 2.05) is 4.90 Å². The van der Waals surface area contributed by atoms with Gasteiger partial charge in [-0.25, -0.2) is 0 Å². The summed E-state index contributed by atoms with van der Waals surface area (Å²) < 4.78 is 0. The van der Waals surface area contributed by atoms with Crippen molar-refractivity contribution in [2.45, 2.75) is 45.4 Å². The molecule has 1 aliphatic heterocycles. The Bertz CT molecular complexity index is 388. The van der Waals surface area contributed by atoms with Crippen LogP contribution < -0.4 is 0 Å². The van der Waals surface area contributed by atoms with Crippen LogP contribution in [0.5, 0.6) is 0 Å². The smallest absolute Gasteiger partial charge is 0.219 e. The van der Waals surface area contributed by atoms with E-state index in [0.717, 1.165) is 25.9 Å². The lowest BCUT2D eigenvalue weighted by Crippen LogP contribution is -2.36. The summed E-state index contributed by atoms with van der Waals surface area (Å²) in [6, 6.07) is 9.07. The molecule has 1 heterocycles. The van der Waals surface area contributed by atoms with Gasteiger partial charge in [0, 0.05) is 20.0 Å². The average molecular weight is 245 g/mol. The molecule has 0 bridgehead atoms. The van der Waals surface area contributed by atoms with Crippen LogP contribution in [0.25, 0.3) is 0 Å². The van der Waals surface area contributed by atoms with Gasteiger partial charge in [-0.3, -0.25) is 4.79 Å². The topological polar surface area (TPSA) is 20.3 Å². The van der Waals surface area contributed by atoms with E-state index in [-0.39, 0.29) is 5.91 Å². The number of rotatable bonds is 3. The lowest BCUT2D eigenvalue weighted by Gasteiger charge is -2.31. The Morgan fingerprint density at radius 3 is 2.33 bits per heavy atom. The van der Waals surface area contributed by atoms with Gasteiger partial charge in [-0.2, -0.15) is 0 Å². The minimum absolute atomic E-state index is 0.215. The highest BCUT2D eigenvalue weighted by molar-refractivity contribution is 5.73.